The van der Waals surface area contributed by atoms with E-state index in [1.807, 2.05) is 44.2 Å². The van der Waals surface area contributed by atoms with Crippen LogP contribution in [0.5, 0.6) is 0 Å². The van der Waals surface area contributed by atoms with E-state index < -0.39 is 12.0 Å². The van der Waals surface area contributed by atoms with Gasteiger partial charge in [0.1, 0.15) is 0 Å². The molecule has 0 bridgehead atoms. The number of benzene rings is 1. The molecule has 1 unspecified atom stereocenters. The molecule has 1 atom stereocenters. The van der Waals surface area contributed by atoms with Crippen molar-refractivity contribution in [3.8, 4) is 0 Å². The van der Waals surface area contributed by atoms with Crippen molar-refractivity contribution in [2.45, 2.75) is 45.1 Å². The van der Waals surface area contributed by atoms with E-state index in [9.17, 15) is 8.78 Å². The van der Waals surface area contributed by atoms with Gasteiger partial charge in [-0.25, -0.2) is 8.78 Å². The van der Waals surface area contributed by atoms with Crippen molar-refractivity contribution in [1.29, 1.82) is 0 Å². The van der Waals surface area contributed by atoms with Crippen LogP contribution in [0.3, 0.4) is 0 Å². The van der Waals surface area contributed by atoms with E-state index in [0.29, 0.717) is 19.4 Å². The predicted octanol–water partition coefficient (Wildman–Crippen LogP) is 3.64. The van der Waals surface area contributed by atoms with Crippen molar-refractivity contribution in [2.24, 2.45) is 0 Å². The number of hydrogen-bond donors (Lipinski definition) is 1. The van der Waals surface area contributed by atoms with Crippen molar-refractivity contribution in [3.63, 3.8) is 0 Å². The molecule has 1 aromatic carbocycles. The Hall–Kier alpha value is -0.960. The third-order valence-corrected chi connectivity index (χ3v) is 3.14. The Morgan fingerprint density at radius 2 is 1.82 bits per heavy atom. The number of hydrogen-bond acceptors (Lipinski definition) is 1. The molecule has 1 aromatic rings. The molecular formula is C14H21F2N. The first-order valence-electron chi connectivity index (χ1n) is 6.21. The first kappa shape index (κ1) is 14.1. The monoisotopic (exact) mass is 241 g/mol. The zero-order chi connectivity index (χ0) is 12.7. The summed E-state index contributed by atoms with van der Waals surface area (Å²) in [5, 5.41) is 3.03. The highest BCUT2D eigenvalue weighted by atomic mass is 19.3. The maximum atomic E-state index is 13.3. The fourth-order valence-electron chi connectivity index (χ4n) is 1.96. The van der Waals surface area contributed by atoms with Gasteiger partial charge < -0.3 is 5.32 Å². The molecule has 96 valence electrons. The van der Waals surface area contributed by atoms with Crippen LogP contribution in [-0.4, -0.2) is 18.5 Å². The normalized spacial score (nSPS) is 14.9. The maximum Gasteiger partial charge on any atom is 0.256 e. The lowest BCUT2D eigenvalue weighted by molar-refractivity contribution is 0.0270. The van der Waals surface area contributed by atoms with Gasteiger partial charge in [-0.2, -0.15) is 0 Å². The fourth-order valence-corrected chi connectivity index (χ4v) is 1.96. The molecule has 0 aliphatic heterocycles. The zero-order valence-corrected chi connectivity index (χ0v) is 10.5. The van der Waals surface area contributed by atoms with Gasteiger partial charge >= 0.3 is 0 Å². The lowest BCUT2D eigenvalue weighted by Gasteiger charge is -2.33. The molecule has 0 amide bonds. The van der Waals surface area contributed by atoms with Crippen LogP contribution < -0.4 is 5.32 Å². The zero-order valence-electron chi connectivity index (χ0n) is 10.5. The Morgan fingerprint density at radius 3 is 2.29 bits per heavy atom. The van der Waals surface area contributed by atoms with E-state index in [4.69, 9.17) is 0 Å². The minimum atomic E-state index is -2.35. The van der Waals surface area contributed by atoms with Crippen molar-refractivity contribution in [1.82, 2.24) is 5.32 Å². The molecule has 0 aliphatic rings. The molecule has 0 fully saturated rings. The van der Waals surface area contributed by atoms with Crippen LogP contribution in [0.1, 0.15) is 32.3 Å². The van der Waals surface area contributed by atoms with Crippen molar-refractivity contribution in [2.75, 3.05) is 6.54 Å². The highest BCUT2D eigenvalue weighted by Crippen LogP contribution is 2.25. The highest BCUT2D eigenvalue weighted by Gasteiger charge is 2.37. The first-order valence-corrected chi connectivity index (χ1v) is 6.21. The van der Waals surface area contributed by atoms with Gasteiger partial charge in [-0.05, 0) is 31.4 Å². The second-order valence-electron chi connectivity index (χ2n) is 4.40. The molecule has 0 aromatic heterocycles. The van der Waals surface area contributed by atoms with Gasteiger partial charge in [0.15, 0.2) is 0 Å². The fraction of sp³-hybridized carbons (Fsp3) is 0.571. The highest BCUT2D eigenvalue weighted by molar-refractivity contribution is 5.18. The Bertz CT molecular complexity index is 313. The summed E-state index contributed by atoms with van der Waals surface area (Å²) in [5.74, 6) is 0. The van der Waals surface area contributed by atoms with Crippen LogP contribution in [-0.2, 0) is 6.42 Å². The molecule has 3 heteroatoms. The summed E-state index contributed by atoms with van der Waals surface area (Å²) in [6.07, 6.45) is -0.676. The van der Waals surface area contributed by atoms with E-state index >= 15 is 0 Å². The van der Waals surface area contributed by atoms with E-state index in [1.165, 1.54) is 0 Å². The summed E-state index contributed by atoms with van der Waals surface area (Å²) in [6, 6.07) is 9.49. The largest absolute Gasteiger partial charge is 0.306 e. The first-order chi connectivity index (χ1) is 8.14. The second-order valence-corrected chi connectivity index (χ2v) is 4.40. The Morgan fingerprint density at radius 1 is 1.18 bits per heavy atom. The third-order valence-electron chi connectivity index (χ3n) is 3.14. The molecule has 17 heavy (non-hydrogen) atoms. The molecule has 0 radical (unpaired) electrons. The average Bonchev–Trinajstić information content (AvgIpc) is 2.35. The van der Waals surface area contributed by atoms with Gasteiger partial charge in [-0.15, -0.1) is 0 Å². The SMILES string of the molecule is CCCNC(CC)(Cc1ccccc1)C(F)F. The standard InChI is InChI=1S/C14H21F2N/c1-3-10-17-14(4-2,13(15)16)11-12-8-6-5-7-9-12/h5-9,13,17H,3-4,10-11H2,1-2H3. The number of halogens is 2. The van der Waals surface area contributed by atoms with Crippen molar-refractivity contribution in [3.05, 3.63) is 35.9 Å². The summed E-state index contributed by atoms with van der Waals surface area (Å²) in [6.45, 7) is 4.43. The average molecular weight is 241 g/mol. The summed E-state index contributed by atoms with van der Waals surface area (Å²) < 4.78 is 26.6. The van der Waals surface area contributed by atoms with Gasteiger partial charge in [-0.3, -0.25) is 0 Å². The van der Waals surface area contributed by atoms with E-state index in [-0.39, 0.29) is 0 Å². The van der Waals surface area contributed by atoms with Gasteiger partial charge in [0.05, 0.1) is 5.54 Å². The second kappa shape index (κ2) is 6.70. The third kappa shape index (κ3) is 3.77. The number of nitrogens with one attached hydrogen (secondary N) is 1. The molecule has 0 spiro atoms. The van der Waals surface area contributed by atoms with Gasteiger partial charge in [0.25, 0.3) is 6.43 Å². The van der Waals surface area contributed by atoms with Crippen LogP contribution >= 0.6 is 0 Å². The smallest absolute Gasteiger partial charge is 0.256 e. The molecule has 0 heterocycles. The molecule has 0 saturated carbocycles. The lowest BCUT2D eigenvalue weighted by atomic mass is 9.88. The topological polar surface area (TPSA) is 12.0 Å². The van der Waals surface area contributed by atoms with Crippen LogP contribution in [0, 0.1) is 0 Å². The quantitative estimate of drug-likeness (QED) is 0.768. The van der Waals surface area contributed by atoms with E-state index in [1.54, 1.807) is 0 Å². The molecule has 1 N–H and O–H groups in total. The summed E-state index contributed by atoms with van der Waals surface area (Å²) in [4.78, 5) is 0. The summed E-state index contributed by atoms with van der Waals surface area (Å²) in [7, 11) is 0. The Balaban J connectivity index is 2.82. The van der Waals surface area contributed by atoms with Gasteiger partial charge in [-0.1, -0.05) is 44.2 Å². The van der Waals surface area contributed by atoms with Crippen LogP contribution in [0.15, 0.2) is 30.3 Å². The van der Waals surface area contributed by atoms with Gasteiger partial charge in [0.2, 0.25) is 0 Å². The minimum absolute atomic E-state index is 0.377. The van der Waals surface area contributed by atoms with Crippen LogP contribution in [0.25, 0.3) is 0 Å². The summed E-state index contributed by atoms with van der Waals surface area (Å²) in [5.41, 5.74) is -0.129. The number of rotatable bonds is 7. The van der Waals surface area contributed by atoms with Crippen molar-refractivity contribution < 1.29 is 8.78 Å². The van der Waals surface area contributed by atoms with Crippen LogP contribution in [0.4, 0.5) is 8.78 Å². The van der Waals surface area contributed by atoms with E-state index in [0.717, 1.165) is 12.0 Å². The molecule has 1 rings (SSSR count). The van der Waals surface area contributed by atoms with Crippen molar-refractivity contribution >= 4 is 0 Å². The Labute approximate surface area is 102 Å². The van der Waals surface area contributed by atoms with E-state index in [2.05, 4.69) is 5.32 Å². The molecule has 0 saturated heterocycles. The molecular weight excluding hydrogens is 220 g/mol. The summed E-state index contributed by atoms with van der Waals surface area (Å²) >= 11 is 0. The van der Waals surface area contributed by atoms with Crippen LogP contribution in [0.2, 0.25) is 0 Å². The predicted molar refractivity (Wildman–Crippen MR) is 67.5 cm³/mol. The molecule has 0 aliphatic carbocycles. The molecule has 1 nitrogen and oxygen atoms in total. The Kier molecular flexibility index (Phi) is 5.56. The minimum Gasteiger partial charge on any atom is -0.306 e. The number of alkyl halides is 2. The van der Waals surface area contributed by atoms with Gasteiger partial charge in [0, 0.05) is 0 Å². The maximum absolute atomic E-state index is 13.3. The lowest BCUT2D eigenvalue weighted by Crippen LogP contribution is -2.53.